The average Bonchev–Trinajstić information content (AvgIpc) is 2.94. The fourth-order valence-corrected chi connectivity index (χ4v) is 2.37. The van der Waals surface area contributed by atoms with Crippen molar-refractivity contribution in [2.24, 2.45) is 11.8 Å². The molecule has 2 atom stereocenters. The summed E-state index contributed by atoms with van der Waals surface area (Å²) in [5.41, 5.74) is 0.753. The number of aromatic nitrogens is 1. The first kappa shape index (κ1) is 12.6. The molecule has 6 heteroatoms. The number of carboxylic acid groups (broad SMARTS) is 1. The molecule has 1 aromatic heterocycles. The second kappa shape index (κ2) is 5.20. The molecule has 1 saturated carbocycles. The van der Waals surface area contributed by atoms with Crippen molar-refractivity contribution in [3.05, 3.63) is 17.5 Å². The van der Waals surface area contributed by atoms with Crippen LogP contribution in [-0.2, 0) is 16.1 Å². The number of carboxylic acids is 1. The standard InChI is InChI=1S/C12H16N2O4/c1-7-5-8(18-14-7)6-13-11(15)9-3-2-4-10(9)12(16)17/h5,9-10H,2-4,6H2,1H3,(H,13,15)(H,16,17)/t9-,10+/m1/s1. The number of hydrogen-bond donors (Lipinski definition) is 2. The van der Waals surface area contributed by atoms with Gasteiger partial charge in [0.05, 0.1) is 24.1 Å². The third kappa shape index (κ3) is 2.69. The Morgan fingerprint density at radius 2 is 2.22 bits per heavy atom. The van der Waals surface area contributed by atoms with Gasteiger partial charge in [-0.3, -0.25) is 9.59 Å². The van der Waals surface area contributed by atoms with Gasteiger partial charge in [0.1, 0.15) is 0 Å². The van der Waals surface area contributed by atoms with E-state index in [9.17, 15) is 9.59 Å². The van der Waals surface area contributed by atoms with E-state index in [0.29, 0.717) is 18.6 Å². The van der Waals surface area contributed by atoms with E-state index in [4.69, 9.17) is 9.63 Å². The molecule has 0 spiro atoms. The highest BCUT2D eigenvalue weighted by Gasteiger charge is 2.37. The van der Waals surface area contributed by atoms with Crippen LogP contribution in [0.4, 0.5) is 0 Å². The molecule has 1 heterocycles. The third-order valence-corrected chi connectivity index (χ3v) is 3.28. The van der Waals surface area contributed by atoms with Crippen molar-refractivity contribution in [3.8, 4) is 0 Å². The van der Waals surface area contributed by atoms with Gasteiger partial charge in [0.2, 0.25) is 5.91 Å². The van der Waals surface area contributed by atoms with Crippen LogP contribution in [0.15, 0.2) is 10.6 Å². The Morgan fingerprint density at radius 3 is 2.83 bits per heavy atom. The molecule has 1 aromatic rings. The fraction of sp³-hybridized carbons (Fsp3) is 0.583. The summed E-state index contributed by atoms with van der Waals surface area (Å²) in [4.78, 5) is 22.9. The summed E-state index contributed by atoms with van der Waals surface area (Å²) in [7, 11) is 0. The van der Waals surface area contributed by atoms with Gasteiger partial charge < -0.3 is 14.9 Å². The maximum absolute atomic E-state index is 11.9. The van der Waals surface area contributed by atoms with Crippen molar-refractivity contribution in [1.29, 1.82) is 0 Å². The van der Waals surface area contributed by atoms with Gasteiger partial charge >= 0.3 is 5.97 Å². The summed E-state index contributed by atoms with van der Waals surface area (Å²) in [6.45, 7) is 2.05. The highest BCUT2D eigenvalue weighted by molar-refractivity contribution is 5.85. The monoisotopic (exact) mass is 252 g/mol. The van der Waals surface area contributed by atoms with Crippen molar-refractivity contribution in [2.45, 2.75) is 32.7 Å². The highest BCUT2D eigenvalue weighted by Crippen LogP contribution is 2.32. The molecule has 2 rings (SSSR count). The van der Waals surface area contributed by atoms with E-state index in [0.717, 1.165) is 12.1 Å². The SMILES string of the molecule is Cc1cc(CNC(=O)[C@@H]2CCC[C@@H]2C(=O)O)on1. The van der Waals surface area contributed by atoms with Gasteiger partial charge in [-0.1, -0.05) is 11.6 Å². The first-order valence-electron chi connectivity index (χ1n) is 6.00. The number of carbonyl (C=O) groups is 2. The molecule has 0 radical (unpaired) electrons. The van der Waals surface area contributed by atoms with Gasteiger partial charge in [0.25, 0.3) is 0 Å². The lowest BCUT2D eigenvalue weighted by molar-refractivity contribution is -0.146. The first-order chi connectivity index (χ1) is 8.58. The number of nitrogens with zero attached hydrogens (tertiary/aromatic N) is 1. The van der Waals surface area contributed by atoms with E-state index in [1.165, 1.54) is 0 Å². The van der Waals surface area contributed by atoms with Gasteiger partial charge in [-0.05, 0) is 19.8 Å². The second-order valence-corrected chi connectivity index (χ2v) is 4.63. The van der Waals surface area contributed by atoms with Gasteiger partial charge in [-0.15, -0.1) is 0 Å². The summed E-state index contributed by atoms with van der Waals surface area (Å²) < 4.78 is 4.97. The van der Waals surface area contributed by atoms with Crippen molar-refractivity contribution < 1.29 is 19.2 Å². The van der Waals surface area contributed by atoms with E-state index in [1.54, 1.807) is 13.0 Å². The molecule has 98 valence electrons. The smallest absolute Gasteiger partial charge is 0.307 e. The van der Waals surface area contributed by atoms with Gasteiger partial charge in [0, 0.05) is 6.07 Å². The zero-order chi connectivity index (χ0) is 13.1. The van der Waals surface area contributed by atoms with E-state index in [2.05, 4.69) is 10.5 Å². The third-order valence-electron chi connectivity index (χ3n) is 3.28. The molecule has 18 heavy (non-hydrogen) atoms. The predicted molar refractivity (Wildman–Crippen MR) is 61.6 cm³/mol. The largest absolute Gasteiger partial charge is 0.481 e. The van der Waals surface area contributed by atoms with Crippen LogP contribution in [0, 0.1) is 18.8 Å². The van der Waals surface area contributed by atoms with Crippen molar-refractivity contribution in [3.63, 3.8) is 0 Å². The maximum atomic E-state index is 11.9. The summed E-state index contributed by atoms with van der Waals surface area (Å²) in [5, 5.41) is 15.4. The van der Waals surface area contributed by atoms with Crippen LogP contribution in [0.25, 0.3) is 0 Å². The van der Waals surface area contributed by atoms with Crippen LogP contribution >= 0.6 is 0 Å². The molecule has 1 aliphatic carbocycles. The number of aryl methyl sites for hydroxylation is 1. The summed E-state index contributed by atoms with van der Waals surface area (Å²) in [6.07, 6.45) is 2.00. The molecule has 0 aliphatic heterocycles. The Labute approximate surface area is 104 Å². The van der Waals surface area contributed by atoms with Crippen molar-refractivity contribution in [2.75, 3.05) is 0 Å². The van der Waals surface area contributed by atoms with Gasteiger partial charge in [0.15, 0.2) is 5.76 Å². The molecular formula is C12H16N2O4. The number of aliphatic carboxylic acids is 1. The molecule has 1 amide bonds. The number of nitrogens with one attached hydrogen (secondary N) is 1. The minimum absolute atomic E-state index is 0.214. The second-order valence-electron chi connectivity index (χ2n) is 4.63. The first-order valence-corrected chi connectivity index (χ1v) is 6.00. The summed E-state index contributed by atoms with van der Waals surface area (Å²) in [5.74, 6) is -1.50. The number of carbonyl (C=O) groups excluding carboxylic acids is 1. The number of amides is 1. The van der Waals surface area contributed by atoms with Gasteiger partial charge in [-0.25, -0.2) is 0 Å². The predicted octanol–water partition coefficient (Wildman–Crippen LogP) is 1.10. The van der Waals surface area contributed by atoms with Crippen molar-refractivity contribution in [1.82, 2.24) is 10.5 Å². The molecule has 0 bridgehead atoms. The molecule has 6 nitrogen and oxygen atoms in total. The van der Waals surface area contributed by atoms with Crippen LogP contribution in [0.3, 0.4) is 0 Å². The minimum atomic E-state index is -0.886. The lowest BCUT2D eigenvalue weighted by atomic mass is 9.95. The minimum Gasteiger partial charge on any atom is -0.481 e. The molecule has 0 saturated heterocycles. The van der Waals surface area contributed by atoms with Crippen LogP contribution in [0.2, 0.25) is 0 Å². The van der Waals surface area contributed by atoms with Gasteiger partial charge in [-0.2, -0.15) is 0 Å². The molecule has 0 unspecified atom stereocenters. The highest BCUT2D eigenvalue weighted by atomic mass is 16.5. The Hall–Kier alpha value is -1.85. The van der Waals surface area contributed by atoms with Crippen LogP contribution < -0.4 is 5.32 Å². The lowest BCUT2D eigenvalue weighted by Gasteiger charge is -2.14. The van der Waals surface area contributed by atoms with Crippen LogP contribution in [-0.4, -0.2) is 22.1 Å². The molecule has 0 aromatic carbocycles. The van der Waals surface area contributed by atoms with Crippen LogP contribution in [0.1, 0.15) is 30.7 Å². The topological polar surface area (TPSA) is 92.4 Å². The molecule has 2 N–H and O–H groups in total. The van der Waals surface area contributed by atoms with Crippen molar-refractivity contribution >= 4 is 11.9 Å². The van der Waals surface area contributed by atoms with Crippen LogP contribution in [0.5, 0.6) is 0 Å². The summed E-state index contributed by atoms with van der Waals surface area (Å²) >= 11 is 0. The number of hydrogen-bond acceptors (Lipinski definition) is 4. The molecule has 1 aliphatic rings. The Morgan fingerprint density at radius 1 is 1.50 bits per heavy atom. The average molecular weight is 252 g/mol. The Balaban J connectivity index is 1.89. The van der Waals surface area contributed by atoms with E-state index in [1.807, 2.05) is 0 Å². The van der Waals surface area contributed by atoms with E-state index < -0.39 is 17.8 Å². The van der Waals surface area contributed by atoms with E-state index in [-0.39, 0.29) is 12.5 Å². The molecular weight excluding hydrogens is 236 g/mol. The summed E-state index contributed by atoms with van der Waals surface area (Å²) in [6, 6.07) is 1.74. The normalized spacial score (nSPS) is 22.9. The Kier molecular flexibility index (Phi) is 3.64. The molecule has 1 fully saturated rings. The quantitative estimate of drug-likeness (QED) is 0.837. The maximum Gasteiger partial charge on any atom is 0.307 e. The zero-order valence-electron chi connectivity index (χ0n) is 10.2. The zero-order valence-corrected chi connectivity index (χ0v) is 10.2. The van der Waals surface area contributed by atoms with E-state index >= 15 is 0 Å². The Bertz CT molecular complexity index is 455. The fourth-order valence-electron chi connectivity index (χ4n) is 2.37. The number of rotatable bonds is 4. The lowest BCUT2D eigenvalue weighted by Crippen LogP contribution is -2.34.